The molecule has 23 heavy (non-hydrogen) atoms. The molecule has 4 rings (SSSR count). The minimum atomic E-state index is 0.767. The second-order valence-corrected chi connectivity index (χ2v) is 5.59. The van der Waals surface area contributed by atoms with Crippen LogP contribution in [0, 0.1) is 0 Å². The van der Waals surface area contributed by atoms with Crippen LogP contribution >= 0.6 is 0 Å². The van der Waals surface area contributed by atoms with Gasteiger partial charge in [0.15, 0.2) is 0 Å². The van der Waals surface area contributed by atoms with E-state index in [9.17, 15) is 0 Å². The average Bonchev–Trinajstić information content (AvgIpc) is 2.98. The van der Waals surface area contributed by atoms with Gasteiger partial charge in [-0.25, -0.2) is 4.98 Å². The van der Waals surface area contributed by atoms with Gasteiger partial charge >= 0.3 is 0 Å². The molecule has 4 aromatic rings. The molecular formula is C19H18N4. The molecular weight excluding hydrogens is 284 g/mol. The van der Waals surface area contributed by atoms with Gasteiger partial charge in [-0.3, -0.25) is 0 Å². The number of H-pyrrole nitrogens is 1. The molecule has 2 aromatic heterocycles. The Bertz CT molecular complexity index is 957. The Kier molecular flexibility index (Phi) is 3.35. The van der Waals surface area contributed by atoms with Gasteiger partial charge in [0.2, 0.25) is 0 Å². The Hall–Kier alpha value is -3.01. The van der Waals surface area contributed by atoms with Gasteiger partial charge < -0.3 is 15.6 Å². The highest BCUT2D eigenvalue weighted by Crippen LogP contribution is 2.28. The van der Waals surface area contributed by atoms with Gasteiger partial charge in [0.05, 0.1) is 11.7 Å². The standard InChI is InChI=1S/C19H18N4/c1-20-14-7-8-17-15(9-14)16-10-19(22-12-18(16)23-17)21-11-13-5-3-2-4-6-13/h2-10,12,20,23H,11H2,1H3,(H,21,22). The number of pyridine rings is 1. The van der Waals surface area contributed by atoms with Crippen LogP contribution in [-0.2, 0) is 6.54 Å². The summed E-state index contributed by atoms with van der Waals surface area (Å²) >= 11 is 0. The molecule has 0 spiro atoms. The molecule has 4 nitrogen and oxygen atoms in total. The SMILES string of the molecule is CNc1ccc2[nH]c3cnc(NCc4ccccc4)cc3c2c1. The summed E-state index contributed by atoms with van der Waals surface area (Å²) in [6.45, 7) is 0.767. The van der Waals surface area contributed by atoms with Crippen LogP contribution < -0.4 is 10.6 Å². The zero-order chi connectivity index (χ0) is 15.6. The van der Waals surface area contributed by atoms with Crippen LogP contribution in [0.4, 0.5) is 11.5 Å². The monoisotopic (exact) mass is 302 g/mol. The molecule has 114 valence electrons. The highest BCUT2D eigenvalue weighted by Gasteiger charge is 2.06. The van der Waals surface area contributed by atoms with Crippen molar-refractivity contribution in [3.05, 3.63) is 66.4 Å². The van der Waals surface area contributed by atoms with Gasteiger partial charge in [0, 0.05) is 35.6 Å². The van der Waals surface area contributed by atoms with E-state index in [1.165, 1.54) is 16.3 Å². The van der Waals surface area contributed by atoms with E-state index in [-0.39, 0.29) is 0 Å². The molecule has 0 bridgehead atoms. The van der Waals surface area contributed by atoms with E-state index in [4.69, 9.17) is 0 Å². The number of nitrogens with zero attached hydrogens (tertiary/aromatic N) is 1. The summed E-state index contributed by atoms with van der Waals surface area (Å²) in [6.07, 6.45) is 1.89. The lowest BCUT2D eigenvalue weighted by atomic mass is 10.1. The maximum absolute atomic E-state index is 4.50. The minimum Gasteiger partial charge on any atom is -0.388 e. The summed E-state index contributed by atoms with van der Waals surface area (Å²) in [5.74, 6) is 0.886. The summed E-state index contributed by atoms with van der Waals surface area (Å²) in [5, 5.41) is 8.97. The predicted molar refractivity (Wildman–Crippen MR) is 96.9 cm³/mol. The maximum Gasteiger partial charge on any atom is 0.126 e. The van der Waals surface area contributed by atoms with E-state index in [0.717, 1.165) is 29.1 Å². The lowest BCUT2D eigenvalue weighted by Gasteiger charge is -2.06. The molecule has 3 N–H and O–H groups in total. The predicted octanol–water partition coefficient (Wildman–Crippen LogP) is 4.37. The van der Waals surface area contributed by atoms with Gasteiger partial charge in [0.1, 0.15) is 5.82 Å². The van der Waals surface area contributed by atoms with Crippen molar-refractivity contribution in [1.29, 1.82) is 0 Å². The Morgan fingerprint density at radius 2 is 1.78 bits per heavy atom. The number of benzene rings is 2. The summed E-state index contributed by atoms with van der Waals surface area (Å²) in [6, 6.07) is 18.8. The summed E-state index contributed by atoms with van der Waals surface area (Å²) < 4.78 is 0. The number of aromatic nitrogens is 2. The average molecular weight is 302 g/mol. The van der Waals surface area contributed by atoms with Crippen molar-refractivity contribution in [2.45, 2.75) is 6.54 Å². The molecule has 0 radical (unpaired) electrons. The van der Waals surface area contributed by atoms with Crippen molar-refractivity contribution in [2.75, 3.05) is 17.7 Å². The van der Waals surface area contributed by atoms with Crippen LogP contribution in [0.2, 0.25) is 0 Å². The van der Waals surface area contributed by atoms with Gasteiger partial charge in [-0.2, -0.15) is 0 Å². The first kappa shape index (κ1) is 13.6. The second kappa shape index (κ2) is 5.65. The fraction of sp³-hybridized carbons (Fsp3) is 0.105. The van der Waals surface area contributed by atoms with Crippen LogP contribution in [0.3, 0.4) is 0 Å². The van der Waals surface area contributed by atoms with Crippen LogP contribution in [0.15, 0.2) is 60.8 Å². The van der Waals surface area contributed by atoms with Crippen molar-refractivity contribution in [1.82, 2.24) is 9.97 Å². The Balaban J connectivity index is 1.70. The molecule has 0 unspecified atom stereocenters. The van der Waals surface area contributed by atoms with Crippen LogP contribution in [0.1, 0.15) is 5.56 Å². The molecule has 4 heteroatoms. The van der Waals surface area contributed by atoms with Crippen LogP contribution in [-0.4, -0.2) is 17.0 Å². The van der Waals surface area contributed by atoms with Crippen molar-refractivity contribution in [3.63, 3.8) is 0 Å². The minimum absolute atomic E-state index is 0.767. The van der Waals surface area contributed by atoms with Crippen molar-refractivity contribution >= 4 is 33.3 Å². The van der Waals surface area contributed by atoms with Crippen LogP contribution in [0.25, 0.3) is 21.8 Å². The summed E-state index contributed by atoms with van der Waals surface area (Å²) in [4.78, 5) is 7.91. The lowest BCUT2D eigenvalue weighted by molar-refractivity contribution is 1.12. The number of rotatable bonds is 4. The van der Waals surface area contributed by atoms with E-state index >= 15 is 0 Å². The number of nitrogens with one attached hydrogen (secondary N) is 3. The zero-order valence-electron chi connectivity index (χ0n) is 12.9. The molecule has 0 aliphatic carbocycles. The third-order valence-electron chi connectivity index (χ3n) is 4.09. The van der Waals surface area contributed by atoms with E-state index < -0.39 is 0 Å². The van der Waals surface area contributed by atoms with E-state index in [2.05, 4.69) is 57.0 Å². The number of anilines is 2. The first-order chi connectivity index (χ1) is 11.3. The number of hydrogen-bond donors (Lipinski definition) is 3. The van der Waals surface area contributed by atoms with Gasteiger partial charge in [-0.15, -0.1) is 0 Å². The zero-order valence-corrected chi connectivity index (χ0v) is 12.9. The first-order valence-corrected chi connectivity index (χ1v) is 7.70. The van der Waals surface area contributed by atoms with Crippen molar-refractivity contribution in [3.8, 4) is 0 Å². The first-order valence-electron chi connectivity index (χ1n) is 7.70. The Morgan fingerprint density at radius 3 is 2.61 bits per heavy atom. The fourth-order valence-corrected chi connectivity index (χ4v) is 2.84. The molecule has 0 atom stereocenters. The van der Waals surface area contributed by atoms with Crippen LogP contribution in [0.5, 0.6) is 0 Å². The largest absolute Gasteiger partial charge is 0.388 e. The summed E-state index contributed by atoms with van der Waals surface area (Å²) in [5.41, 5.74) is 4.53. The maximum atomic E-state index is 4.50. The van der Waals surface area contributed by atoms with Gasteiger partial charge in [-0.1, -0.05) is 30.3 Å². The summed E-state index contributed by atoms with van der Waals surface area (Å²) in [7, 11) is 1.93. The number of hydrogen-bond acceptors (Lipinski definition) is 3. The number of aromatic amines is 1. The highest BCUT2D eigenvalue weighted by molar-refractivity contribution is 6.08. The molecule has 2 aromatic carbocycles. The molecule has 2 heterocycles. The van der Waals surface area contributed by atoms with Gasteiger partial charge in [0.25, 0.3) is 0 Å². The second-order valence-electron chi connectivity index (χ2n) is 5.59. The molecule has 0 saturated heterocycles. The Labute approximate surface area is 134 Å². The van der Waals surface area contributed by atoms with Gasteiger partial charge in [-0.05, 0) is 29.8 Å². The quantitative estimate of drug-likeness (QED) is 0.524. The Morgan fingerprint density at radius 1 is 0.957 bits per heavy atom. The third kappa shape index (κ3) is 2.59. The topological polar surface area (TPSA) is 52.7 Å². The number of fused-ring (bicyclic) bond motifs is 3. The van der Waals surface area contributed by atoms with Crippen molar-refractivity contribution in [2.24, 2.45) is 0 Å². The van der Waals surface area contributed by atoms with E-state index in [0.29, 0.717) is 0 Å². The normalized spacial score (nSPS) is 11.0. The third-order valence-corrected chi connectivity index (χ3v) is 4.09. The van der Waals surface area contributed by atoms with E-state index in [1.54, 1.807) is 0 Å². The molecule has 0 amide bonds. The fourth-order valence-electron chi connectivity index (χ4n) is 2.84. The molecule has 0 fully saturated rings. The van der Waals surface area contributed by atoms with Crippen molar-refractivity contribution < 1.29 is 0 Å². The molecule has 0 aliphatic rings. The molecule has 0 aliphatic heterocycles. The molecule has 0 saturated carbocycles. The smallest absolute Gasteiger partial charge is 0.126 e. The highest BCUT2D eigenvalue weighted by atomic mass is 15.0. The lowest BCUT2D eigenvalue weighted by Crippen LogP contribution is -2.00. The van der Waals surface area contributed by atoms with E-state index in [1.807, 2.05) is 31.4 Å².